The van der Waals surface area contributed by atoms with E-state index in [0.29, 0.717) is 35.6 Å². The molecule has 0 saturated heterocycles. The molecule has 0 aromatic heterocycles. The Balaban J connectivity index is 0.00000462. The number of aromatic carboxylic acids is 1. The van der Waals surface area contributed by atoms with Crippen molar-refractivity contribution in [1.82, 2.24) is 9.80 Å². The molecule has 0 aliphatic rings. The Morgan fingerprint density at radius 2 is 1.07 bits per heavy atom. The monoisotopic (exact) mass is 626 g/mol. The Hall–Kier alpha value is -5.03. The molecule has 0 saturated carbocycles. The Bertz CT molecular complexity index is 1420. The number of carbonyl (C=O) groups is 3. The molecule has 0 spiro atoms. The predicted molar refractivity (Wildman–Crippen MR) is 169 cm³/mol. The third-order valence-corrected chi connectivity index (χ3v) is 5.60. The van der Waals surface area contributed by atoms with Gasteiger partial charge in [0.2, 0.25) is 0 Å². The minimum absolute atomic E-state index is 0. The number of carboxylic acid groups (broad SMARTS) is 1. The lowest BCUT2D eigenvalue weighted by Crippen LogP contribution is -2.27. The molecule has 3 aromatic carbocycles. The maximum Gasteiger partial charge on any atom is 0.410 e. The summed E-state index contributed by atoms with van der Waals surface area (Å²) in [5.74, 6) is 9.85. The van der Waals surface area contributed by atoms with Crippen LogP contribution in [-0.2, 0) is 22.6 Å². The smallest absolute Gasteiger partial charge is 0.410 e. The summed E-state index contributed by atoms with van der Waals surface area (Å²) in [6.45, 7) is 0.291. The summed E-state index contributed by atoms with van der Waals surface area (Å²) in [7, 11) is 3.20. The Morgan fingerprint density at radius 1 is 0.698 bits per heavy atom. The molecule has 0 heterocycles. The van der Waals surface area contributed by atoms with E-state index in [1.165, 1.54) is 21.9 Å². The third kappa shape index (κ3) is 12.2. The average molecular weight is 628 g/mol. The lowest BCUT2D eigenvalue weighted by atomic mass is 10.1. The summed E-state index contributed by atoms with van der Waals surface area (Å²) in [4.78, 5) is 38.8. The van der Waals surface area contributed by atoms with Crippen LogP contribution < -0.4 is 11.5 Å². The number of nitrogen functional groups attached to an aromatic ring is 2. The van der Waals surface area contributed by atoms with E-state index in [1.807, 2.05) is 24.3 Å². The van der Waals surface area contributed by atoms with E-state index in [1.54, 1.807) is 44.4 Å². The maximum absolute atomic E-state index is 12.2. The van der Waals surface area contributed by atoms with Crippen molar-refractivity contribution in [2.45, 2.75) is 13.1 Å². The van der Waals surface area contributed by atoms with Crippen LogP contribution in [0.1, 0.15) is 32.6 Å². The summed E-state index contributed by atoms with van der Waals surface area (Å²) in [6, 6.07) is 18.7. The third-order valence-electron chi connectivity index (χ3n) is 5.60. The molecule has 0 atom stereocenters. The van der Waals surface area contributed by atoms with Crippen molar-refractivity contribution in [2.24, 2.45) is 0 Å². The Labute approximate surface area is 262 Å². The highest BCUT2D eigenvalue weighted by Crippen LogP contribution is 2.11. The van der Waals surface area contributed by atoms with Gasteiger partial charge in [0, 0.05) is 49.7 Å². The van der Waals surface area contributed by atoms with Crippen LogP contribution in [0.25, 0.3) is 0 Å². The van der Waals surface area contributed by atoms with Gasteiger partial charge >= 0.3 is 18.2 Å². The fourth-order valence-electron chi connectivity index (χ4n) is 3.51. The van der Waals surface area contributed by atoms with Crippen molar-refractivity contribution in [2.75, 3.05) is 38.8 Å². The van der Waals surface area contributed by atoms with Gasteiger partial charge < -0.3 is 35.8 Å². The van der Waals surface area contributed by atoms with Gasteiger partial charge in [-0.3, -0.25) is 0 Å². The van der Waals surface area contributed by atoms with E-state index >= 15 is 0 Å². The van der Waals surface area contributed by atoms with Crippen LogP contribution in [0.5, 0.6) is 0 Å². The van der Waals surface area contributed by atoms with E-state index in [9.17, 15) is 19.5 Å². The van der Waals surface area contributed by atoms with Crippen molar-refractivity contribution in [1.29, 1.82) is 0 Å². The zero-order valence-electron chi connectivity index (χ0n) is 23.5. The number of hydrogen-bond acceptors (Lipinski definition) is 7. The van der Waals surface area contributed by atoms with Gasteiger partial charge in [0.25, 0.3) is 0 Å². The zero-order valence-corrected chi connectivity index (χ0v) is 25.2. The second-order valence-electron chi connectivity index (χ2n) is 9.01. The molecule has 43 heavy (non-hydrogen) atoms. The van der Waals surface area contributed by atoms with Gasteiger partial charge in [-0.15, -0.1) is 24.8 Å². The van der Waals surface area contributed by atoms with E-state index in [0.717, 1.165) is 11.1 Å². The summed E-state index contributed by atoms with van der Waals surface area (Å²) >= 11 is 0. The number of ether oxygens (including phenoxy) is 2. The number of rotatable bonds is 7. The van der Waals surface area contributed by atoms with E-state index < -0.39 is 18.2 Å². The lowest BCUT2D eigenvalue weighted by Gasteiger charge is -2.16. The summed E-state index contributed by atoms with van der Waals surface area (Å²) in [5, 5.41) is 9.46. The molecule has 2 amide bonds. The molecule has 5 N–H and O–H groups in total. The minimum Gasteiger partial charge on any atom is -0.478 e. The van der Waals surface area contributed by atoms with Gasteiger partial charge in [-0.25, -0.2) is 14.4 Å². The number of anilines is 2. The van der Waals surface area contributed by atoms with Gasteiger partial charge in [-0.1, -0.05) is 47.9 Å². The molecule has 10 nitrogen and oxygen atoms in total. The van der Waals surface area contributed by atoms with E-state index in [-0.39, 0.29) is 43.6 Å². The highest BCUT2D eigenvalue weighted by molar-refractivity contribution is 5.88. The molecular weight excluding hydrogens is 595 g/mol. The quantitative estimate of drug-likeness (QED) is 0.254. The van der Waals surface area contributed by atoms with Crippen molar-refractivity contribution in [3.8, 4) is 23.7 Å². The molecule has 3 aromatic rings. The fraction of sp³-hybridized carbons (Fsp3) is 0.194. The number of nitrogens with two attached hydrogens (primary N) is 2. The number of carbonyl (C=O) groups excluding carboxylic acids is 2. The molecule has 0 fully saturated rings. The average Bonchev–Trinajstić information content (AvgIpc) is 2.95. The van der Waals surface area contributed by atoms with Crippen molar-refractivity contribution >= 4 is 54.3 Å². The molecule has 12 heteroatoms. The second kappa shape index (κ2) is 17.7. The number of nitrogens with zero attached hydrogens (tertiary/aromatic N) is 2. The highest BCUT2D eigenvalue weighted by Gasteiger charge is 2.11. The van der Waals surface area contributed by atoms with Gasteiger partial charge in [0.15, 0.2) is 13.2 Å². The molecule has 0 unspecified atom stereocenters. The van der Waals surface area contributed by atoms with Crippen LogP contribution in [-0.4, -0.2) is 60.4 Å². The molecule has 3 rings (SSSR count). The second-order valence-corrected chi connectivity index (χ2v) is 9.01. The summed E-state index contributed by atoms with van der Waals surface area (Å²) in [5.41, 5.74) is 15.1. The lowest BCUT2D eigenvalue weighted by molar-refractivity contribution is 0.0696. The van der Waals surface area contributed by atoms with Crippen LogP contribution in [0, 0.1) is 23.7 Å². The number of halogens is 2. The number of benzene rings is 3. The Morgan fingerprint density at radius 3 is 1.42 bits per heavy atom. The fourth-order valence-corrected chi connectivity index (χ4v) is 3.51. The molecule has 226 valence electrons. The summed E-state index contributed by atoms with van der Waals surface area (Å²) in [6.07, 6.45) is -1.12. The SMILES string of the molecule is CN(Cc1ccc(N)cc1)C(=O)OCC#Cc1cc(C#CCOC(=O)N(C)Cc2ccc(N)cc2)cc(C(=O)O)c1.Cl.Cl. The van der Waals surface area contributed by atoms with Crippen molar-refractivity contribution in [3.05, 3.63) is 94.5 Å². The van der Waals surface area contributed by atoms with E-state index in [2.05, 4.69) is 23.7 Å². The number of hydrogen-bond donors (Lipinski definition) is 3. The zero-order chi connectivity index (χ0) is 29.8. The molecular formula is C31H32Cl2N4O6. The molecule has 0 aliphatic heterocycles. The first-order valence-electron chi connectivity index (χ1n) is 12.4. The van der Waals surface area contributed by atoms with Crippen molar-refractivity contribution in [3.63, 3.8) is 0 Å². The standard InChI is InChI=1S/C31H30N4O6.2ClH/c1-34(20-22-7-11-27(32)12-8-22)30(38)40-15-3-5-24-17-25(19-26(18-24)29(36)37)6-4-16-41-31(39)35(2)21-23-9-13-28(33)14-10-23;;/h7-14,17-19H,15-16,20-21,32-33H2,1-2H3,(H,36,37);2*1H. The minimum atomic E-state index is -1.15. The first-order valence-corrected chi connectivity index (χ1v) is 12.4. The van der Waals surface area contributed by atoms with Gasteiger partial charge in [0.1, 0.15) is 0 Å². The van der Waals surface area contributed by atoms with Crippen LogP contribution in [0.15, 0.2) is 66.7 Å². The predicted octanol–water partition coefficient (Wildman–Crippen LogP) is 4.63. The normalized spacial score (nSPS) is 9.35. The maximum atomic E-state index is 12.2. The first kappa shape index (κ1) is 36.0. The van der Waals surface area contributed by atoms with E-state index in [4.69, 9.17) is 20.9 Å². The van der Waals surface area contributed by atoms with Crippen LogP contribution in [0.4, 0.5) is 21.0 Å². The largest absolute Gasteiger partial charge is 0.478 e. The summed E-state index contributed by atoms with van der Waals surface area (Å²) < 4.78 is 10.4. The van der Waals surface area contributed by atoms with Crippen LogP contribution >= 0.6 is 24.8 Å². The van der Waals surface area contributed by atoms with Gasteiger partial charge in [0.05, 0.1) is 5.56 Å². The van der Waals surface area contributed by atoms with Crippen LogP contribution in [0.3, 0.4) is 0 Å². The van der Waals surface area contributed by atoms with Gasteiger partial charge in [-0.05, 0) is 53.6 Å². The highest BCUT2D eigenvalue weighted by atomic mass is 35.5. The number of carboxylic acids is 1. The van der Waals surface area contributed by atoms with Crippen molar-refractivity contribution < 1.29 is 29.0 Å². The van der Waals surface area contributed by atoms with Gasteiger partial charge in [-0.2, -0.15) is 0 Å². The molecule has 0 aliphatic carbocycles. The van der Waals surface area contributed by atoms with Crippen LogP contribution in [0.2, 0.25) is 0 Å². The topological polar surface area (TPSA) is 148 Å². The Kier molecular flexibility index (Phi) is 14.8. The molecule has 0 radical (unpaired) electrons. The molecule has 0 bridgehead atoms. The number of amides is 2. The first-order chi connectivity index (χ1) is 19.6.